The minimum absolute atomic E-state index is 0.132. The second-order valence-corrected chi connectivity index (χ2v) is 8.32. The molecule has 1 aromatic heterocycles. The van der Waals surface area contributed by atoms with Crippen LogP contribution in [0.15, 0.2) is 59.8 Å². The minimum Gasteiger partial charge on any atom is -0.496 e. The zero-order valence-electron chi connectivity index (χ0n) is 19.1. The number of aromatic nitrogens is 3. The number of nitriles is 2. The fourth-order valence-electron chi connectivity index (χ4n) is 3.46. The summed E-state index contributed by atoms with van der Waals surface area (Å²) < 4.78 is 7.54. The smallest absolute Gasteiger partial charge is 0.233 e. The summed E-state index contributed by atoms with van der Waals surface area (Å²) in [6.07, 6.45) is 1.24. The number of carbonyl (C=O) groups is 1. The minimum atomic E-state index is -0.132. The summed E-state index contributed by atoms with van der Waals surface area (Å²) in [5, 5.41) is 27.2. The summed E-state index contributed by atoms with van der Waals surface area (Å²) >= 11 is 1.31. The largest absolute Gasteiger partial charge is 0.496 e. The zero-order chi connectivity index (χ0) is 24.2. The number of hydrogen-bond acceptors (Lipinski definition) is 7. The normalized spacial score (nSPS) is 10.3. The van der Waals surface area contributed by atoms with Crippen LogP contribution in [0.3, 0.4) is 0 Å². The lowest BCUT2D eigenvalue weighted by Crippen LogP contribution is -2.34. The van der Waals surface area contributed by atoms with Gasteiger partial charge in [0.25, 0.3) is 0 Å². The monoisotopic (exact) mass is 474 g/mol. The van der Waals surface area contributed by atoms with E-state index in [9.17, 15) is 4.79 Å². The van der Waals surface area contributed by atoms with E-state index in [2.05, 4.69) is 34.5 Å². The van der Waals surface area contributed by atoms with Gasteiger partial charge < -0.3 is 14.2 Å². The summed E-state index contributed by atoms with van der Waals surface area (Å²) in [5.74, 6) is 1.38. The summed E-state index contributed by atoms with van der Waals surface area (Å²) in [6, 6.07) is 21.9. The van der Waals surface area contributed by atoms with E-state index in [4.69, 9.17) is 15.3 Å². The SMILES string of the molecule is COc1ccccc1-c1nnc(SCC(=O)N(CCC#N)CCC#N)n1CCc1ccccc1. The third kappa shape index (κ3) is 6.60. The van der Waals surface area contributed by atoms with E-state index in [-0.39, 0.29) is 24.5 Å². The fraction of sp³-hybridized carbons (Fsp3) is 0.320. The Morgan fingerprint density at radius 2 is 1.71 bits per heavy atom. The van der Waals surface area contributed by atoms with Gasteiger partial charge >= 0.3 is 0 Å². The Morgan fingerprint density at radius 1 is 1.03 bits per heavy atom. The number of rotatable bonds is 12. The Kier molecular flexibility index (Phi) is 9.51. The molecule has 0 saturated heterocycles. The average Bonchev–Trinajstić information content (AvgIpc) is 3.29. The van der Waals surface area contributed by atoms with Crippen molar-refractivity contribution in [2.75, 3.05) is 26.0 Å². The van der Waals surface area contributed by atoms with Crippen LogP contribution in [0.5, 0.6) is 5.75 Å². The van der Waals surface area contributed by atoms with Crippen molar-refractivity contribution >= 4 is 17.7 Å². The molecule has 0 N–H and O–H groups in total. The number of para-hydroxylation sites is 1. The van der Waals surface area contributed by atoms with E-state index in [1.165, 1.54) is 17.3 Å². The van der Waals surface area contributed by atoms with Crippen LogP contribution in [0.25, 0.3) is 11.4 Å². The predicted molar refractivity (Wildman–Crippen MR) is 130 cm³/mol. The lowest BCUT2D eigenvalue weighted by molar-refractivity contribution is -0.128. The van der Waals surface area contributed by atoms with Crippen LogP contribution in [-0.4, -0.2) is 51.5 Å². The van der Waals surface area contributed by atoms with E-state index in [0.29, 0.717) is 36.4 Å². The van der Waals surface area contributed by atoms with Crippen molar-refractivity contribution in [2.45, 2.75) is 31.0 Å². The molecule has 0 saturated carbocycles. The highest BCUT2D eigenvalue weighted by Gasteiger charge is 2.20. The number of aryl methyl sites for hydroxylation is 1. The molecule has 2 aromatic carbocycles. The number of amides is 1. The Balaban J connectivity index is 1.83. The molecular formula is C25H26N6O2S. The summed E-state index contributed by atoms with van der Waals surface area (Å²) in [6.45, 7) is 1.25. The first-order valence-electron chi connectivity index (χ1n) is 10.9. The Labute approximate surface area is 203 Å². The molecular weight excluding hydrogens is 448 g/mol. The maximum atomic E-state index is 12.8. The molecule has 0 unspecified atom stereocenters. The second-order valence-electron chi connectivity index (χ2n) is 7.38. The first kappa shape index (κ1) is 24.8. The van der Waals surface area contributed by atoms with E-state index in [1.54, 1.807) is 12.0 Å². The van der Waals surface area contributed by atoms with Crippen molar-refractivity contribution in [1.29, 1.82) is 10.5 Å². The van der Waals surface area contributed by atoms with E-state index in [1.807, 2.05) is 47.0 Å². The van der Waals surface area contributed by atoms with Crippen LogP contribution in [0, 0.1) is 22.7 Å². The average molecular weight is 475 g/mol. The molecule has 0 radical (unpaired) electrons. The summed E-state index contributed by atoms with van der Waals surface area (Å²) in [4.78, 5) is 14.4. The molecule has 34 heavy (non-hydrogen) atoms. The molecule has 0 aliphatic carbocycles. The van der Waals surface area contributed by atoms with Gasteiger partial charge in [-0.05, 0) is 24.1 Å². The maximum absolute atomic E-state index is 12.8. The third-order valence-electron chi connectivity index (χ3n) is 5.20. The molecule has 0 aliphatic rings. The molecule has 0 spiro atoms. The quantitative estimate of drug-likeness (QED) is 0.366. The number of hydrogen-bond donors (Lipinski definition) is 0. The molecule has 9 heteroatoms. The fourth-order valence-corrected chi connectivity index (χ4v) is 4.33. The number of carbonyl (C=O) groups excluding carboxylic acids is 1. The molecule has 0 atom stereocenters. The van der Waals surface area contributed by atoms with Crippen molar-refractivity contribution in [3.05, 3.63) is 60.2 Å². The number of nitrogens with zero attached hydrogens (tertiary/aromatic N) is 6. The van der Waals surface area contributed by atoms with Crippen LogP contribution in [-0.2, 0) is 17.8 Å². The predicted octanol–water partition coefficient (Wildman–Crippen LogP) is 3.94. The number of benzene rings is 2. The first-order valence-corrected chi connectivity index (χ1v) is 11.9. The van der Waals surface area contributed by atoms with Gasteiger partial charge in [-0.1, -0.05) is 54.2 Å². The first-order chi connectivity index (χ1) is 16.7. The third-order valence-corrected chi connectivity index (χ3v) is 6.15. The van der Waals surface area contributed by atoms with Gasteiger partial charge in [0.1, 0.15) is 5.75 Å². The highest BCUT2D eigenvalue weighted by atomic mass is 32.2. The van der Waals surface area contributed by atoms with Gasteiger partial charge in [-0.15, -0.1) is 10.2 Å². The van der Waals surface area contributed by atoms with Crippen molar-refractivity contribution in [3.63, 3.8) is 0 Å². The summed E-state index contributed by atoms with van der Waals surface area (Å²) in [5.41, 5.74) is 2.02. The van der Waals surface area contributed by atoms with E-state index in [0.717, 1.165) is 12.0 Å². The summed E-state index contributed by atoms with van der Waals surface area (Å²) in [7, 11) is 1.62. The van der Waals surface area contributed by atoms with Crippen molar-refractivity contribution in [1.82, 2.24) is 19.7 Å². The lowest BCUT2D eigenvalue weighted by atomic mass is 10.1. The van der Waals surface area contributed by atoms with E-state index >= 15 is 0 Å². The van der Waals surface area contributed by atoms with Crippen molar-refractivity contribution in [3.8, 4) is 29.3 Å². The van der Waals surface area contributed by atoms with Crippen molar-refractivity contribution in [2.24, 2.45) is 0 Å². The van der Waals surface area contributed by atoms with Crippen LogP contribution < -0.4 is 4.74 Å². The van der Waals surface area contributed by atoms with Crippen LogP contribution in [0.4, 0.5) is 0 Å². The zero-order valence-corrected chi connectivity index (χ0v) is 19.9. The highest BCUT2D eigenvalue weighted by molar-refractivity contribution is 7.99. The molecule has 1 heterocycles. The topological polar surface area (TPSA) is 108 Å². The molecule has 3 aromatic rings. The second kappa shape index (κ2) is 13.0. The maximum Gasteiger partial charge on any atom is 0.233 e. The Bertz CT molecular complexity index is 1150. The molecule has 3 rings (SSSR count). The van der Waals surface area contributed by atoms with Gasteiger partial charge in [0.15, 0.2) is 11.0 Å². The van der Waals surface area contributed by atoms with Gasteiger partial charge in [-0.2, -0.15) is 10.5 Å². The molecule has 0 aliphatic heterocycles. The lowest BCUT2D eigenvalue weighted by Gasteiger charge is -2.20. The number of thioether (sulfide) groups is 1. The molecule has 1 amide bonds. The van der Waals surface area contributed by atoms with Crippen LogP contribution >= 0.6 is 11.8 Å². The standard InChI is InChI=1S/C25H26N6O2S/c1-33-22-12-6-5-11-21(22)24-28-29-25(31(24)18-13-20-9-3-2-4-10-20)34-19-23(32)30(16-7-14-26)17-8-15-27/h2-6,9-12H,7-8,13,16-19H2,1H3. The van der Waals surface area contributed by atoms with Gasteiger partial charge in [0, 0.05) is 19.6 Å². The van der Waals surface area contributed by atoms with Gasteiger partial charge in [-0.25, -0.2) is 0 Å². The van der Waals surface area contributed by atoms with Crippen LogP contribution in [0.2, 0.25) is 0 Å². The van der Waals surface area contributed by atoms with Crippen LogP contribution in [0.1, 0.15) is 18.4 Å². The Hall–Kier alpha value is -3.82. The Morgan fingerprint density at radius 3 is 2.38 bits per heavy atom. The van der Waals surface area contributed by atoms with E-state index < -0.39 is 0 Å². The molecule has 8 nitrogen and oxygen atoms in total. The molecule has 174 valence electrons. The van der Waals surface area contributed by atoms with Gasteiger partial charge in [0.2, 0.25) is 5.91 Å². The highest BCUT2D eigenvalue weighted by Crippen LogP contribution is 2.31. The van der Waals surface area contributed by atoms with Gasteiger partial charge in [0.05, 0.1) is 43.4 Å². The van der Waals surface area contributed by atoms with Crippen molar-refractivity contribution < 1.29 is 9.53 Å². The van der Waals surface area contributed by atoms with Gasteiger partial charge in [-0.3, -0.25) is 4.79 Å². The molecule has 0 fully saturated rings. The number of methoxy groups -OCH3 is 1. The number of ether oxygens (including phenoxy) is 1. The molecule has 0 bridgehead atoms.